The minimum absolute atomic E-state index is 0.0739. The normalized spacial score (nSPS) is 11.4. The van der Waals surface area contributed by atoms with E-state index in [1.54, 1.807) is 12.3 Å². The Labute approximate surface area is 108 Å². The maximum absolute atomic E-state index is 11.3. The van der Waals surface area contributed by atoms with Crippen molar-refractivity contribution in [2.75, 3.05) is 19.0 Å². The SMILES string of the molecule is COC(=O)c1nccc(NCC(C)(C)C(C)C)n1. The first-order chi connectivity index (χ1) is 8.36. The van der Waals surface area contributed by atoms with Crippen LogP contribution in [0, 0.1) is 11.3 Å². The molecule has 0 spiro atoms. The molecule has 1 N–H and O–H groups in total. The lowest BCUT2D eigenvalue weighted by Gasteiger charge is -2.29. The fourth-order valence-electron chi connectivity index (χ4n) is 1.17. The van der Waals surface area contributed by atoms with E-state index in [-0.39, 0.29) is 11.2 Å². The van der Waals surface area contributed by atoms with Crippen LogP contribution in [0.25, 0.3) is 0 Å². The largest absolute Gasteiger partial charge is 0.463 e. The van der Waals surface area contributed by atoms with Crippen molar-refractivity contribution in [3.63, 3.8) is 0 Å². The van der Waals surface area contributed by atoms with E-state index in [1.807, 2.05) is 0 Å². The molecule has 100 valence electrons. The van der Waals surface area contributed by atoms with Crippen LogP contribution in [0.3, 0.4) is 0 Å². The lowest BCUT2D eigenvalue weighted by Crippen LogP contribution is -2.29. The predicted octanol–water partition coefficient (Wildman–Crippen LogP) is 2.36. The topological polar surface area (TPSA) is 64.1 Å². The molecule has 1 aromatic heterocycles. The average molecular weight is 251 g/mol. The van der Waals surface area contributed by atoms with E-state index in [2.05, 4.69) is 47.7 Å². The van der Waals surface area contributed by atoms with Gasteiger partial charge >= 0.3 is 5.97 Å². The van der Waals surface area contributed by atoms with Gasteiger partial charge in [-0.05, 0) is 17.4 Å². The second-order valence-electron chi connectivity index (χ2n) is 5.25. The summed E-state index contributed by atoms with van der Waals surface area (Å²) < 4.78 is 4.58. The van der Waals surface area contributed by atoms with E-state index in [4.69, 9.17) is 0 Å². The van der Waals surface area contributed by atoms with Crippen LogP contribution in [0.1, 0.15) is 38.3 Å². The maximum Gasteiger partial charge on any atom is 0.376 e. The minimum atomic E-state index is -0.526. The van der Waals surface area contributed by atoms with E-state index < -0.39 is 5.97 Å². The molecule has 1 aromatic rings. The van der Waals surface area contributed by atoms with Gasteiger partial charge in [0, 0.05) is 12.7 Å². The number of carbonyl (C=O) groups excluding carboxylic acids is 1. The van der Waals surface area contributed by atoms with Gasteiger partial charge in [-0.15, -0.1) is 0 Å². The molecular formula is C13H21N3O2. The predicted molar refractivity (Wildman–Crippen MR) is 70.5 cm³/mol. The van der Waals surface area contributed by atoms with Gasteiger partial charge in [0.05, 0.1) is 7.11 Å². The van der Waals surface area contributed by atoms with Crippen LogP contribution < -0.4 is 5.32 Å². The molecule has 0 aromatic carbocycles. The molecule has 1 rings (SSSR count). The van der Waals surface area contributed by atoms with Crippen molar-refractivity contribution in [2.24, 2.45) is 11.3 Å². The summed E-state index contributed by atoms with van der Waals surface area (Å²) in [7, 11) is 1.31. The lowest BCUT2D eigenvalue weighted by molar-refractivity contribution is 0.0587. The third-order valence-electron chi connectivity index (χ3n) is 3.31. The number of hydrogen-bond donors (Lipinski definition) is 1. The van der Waals surface area contributed by atoms with Crippen molar-refractivity contribution >= 4 is 11.8 Å². The smallest absolute Gasteiger partial charge is 0.376 e. The highest BCUT2D eigenvalue weighted by molar-refractivity contribution is 5.85. The van der Waals surface area contributed by atoms with Gasteiger partial charge in [-0.3, -0.25) is 0 Å². The molecule has 0 atom stereocenters. The zero-order valence-electron chi connectivity index (χ0n) is 11.7. The first-order valence-corrected chi connectivity index (χ1v) is 6.02. The van der Waals surface area contributed by atoms with Gasteiger partial charge in [0.25, 0.3) is 0 Å². The van der Waals surface area contributed by atoms with Crippen LogP contribution in [0.5, 0.6) is 0 Å². The van der Waals surface area contributed by atoms with E-state index in [0.717, 1.165) is 6.54 Å². The molecule has 0 aliphatic carbocycles. The van der Waals surface area contributed by atoms with Crippen LogP contribution in [0.4, 0.5) is 5.82 Å². The van der Waals surface area contributed by atoms with E-state index >= 15 is 0 Å². The Balaban J connectivity index is 2.72. The van der Waals surface area contributed by atoms with E-state index in [1.165, 1.54) is 7.11 Å². The van der Waals surface area contributed by atoms with Crippen molar-refractivity contribution in [1.82, 2.24) is 9.97 Å². The fourth-order valence-corrected chi connectivity index (χ4v) is 1.17. The Morgan fingerprint density at radius 1 is 1.50 bits per heavy atom. The van der Waals surface area contributed by atoms with E-state index in [9.17, 15) is 4.79 Å². The standard InChI is InChI=1S/C13H21N3O2/c1-9(2)13(3,4)8-15-10-6-7-14-11(16-10)12(17)18-5/h6-7,9H,8H2,1-5H3,(H,14,15,16). The summed E-state index contributed by atoms with van der Waals surface area (Å²) in [5, 5.41) is 3.23. The van der Waals surface area contributed by atoms with Crippen LogP contribution in [0.15, 0.2) is 12.3 Å². The second kappa shape index (κ2) is 5.80. The Bertz CT molecular complexity index is 416. The Hall–Kier alpha value is -1.65. The number of nitrogens with one attached hydrogen (secondary N) is 1. The first kappa shape index (κ1) is 14.4. The third kappa shape index (κ3) is 3.68. The number of esters is 1. The Morgan fingerprint density at radius 2 is 2.17 bits per heavy atom. The molecule has 0 aliphatic rings. The fraction of sp³-hybridized carbons (Fsp3) is 0.615. The number of rotatable bonds is 5. The molecule has 0 aliphatic heterocycles. The summed E-state index contributed by atoms with van der Waals surface area (Å²) in [5.74, 6) is 0.734. The minimum Gasteiger partial charge on any atom is -0.463 e. The van der Waals surface area contributed by atoms with Crippen molar-refractivity contribution in [1.29, 1.82) is 0 Å². The average Bonchev–Trinajstić information content (AvgIpc) is 2.35. The maximum atomic E-state index is 11.3. The summed E-state index contributed by atoms with van der Waals surface area (Å²) in [5.41, 5.74) is 0.149. The molecule has 0 radical (unpaired) electrons. The van der Waals surface area contributed by atoms with Gasteiger partial charge in [0.2, 0.25) is 5.82 Å². The highest BCUT2D eigenvalue weighted by Gasteiger charge is 2.22. The number of methoxy groups -OCH3 is 1. The van der Waals surface area contributed by atoms with Gasteiger partial charge in [-0.2, -0.15) is 0 Å². The number of ether oxygens (including phenoxy) is 1. The zero-order chi connectivity index (χ0) is 13.8. The van der Waals surface area contributed by atoms with Crippen LogP contribution >= 0.6 is 0 Å². The molecule has 0 bridgehead atoms. The zero-order valence-corrected chi connectivity index (χ0v) is 11.7. The number of nitrogens with zero attached hydrogens (tertiary/aromatic N) is 2. The molecule has 18 heavy (non-hydrogen) atoms. The van der Waals surface area contributed by atoms with Crippen molar-refractivity contribution in [3.05, 3.63) is 18.1 Å². The summed E-state index contributed by atoms with van der Waals surface area (Å²) in [6.45, 7) is 9.52. The number of aromatic nitrogens is 2. The Kier molecular flexibility index (Phi) is 4.64. The van der Waals surface area contributed by atoms with Gasteiger partial charge in [-0.25, -0.2) is 14.8 Å². The van der Waals surface area contributed by atoms with Gasteiger partial charge in [0.1, 0.15) is 5.82 Å². The molecule has 0 saturated heterocycles. The van der Waals surface area contributed by atoms with Crippen molar-refractivity contribution in [2.45, 2.75) is 27.7 Å². The quantitative estimate of drug-likeness (QED) is 0.814. The van der Waals surface area contributed by atoms with Gasteiger partial charge < -0.3 is 10.1 Å². The van der Waals surface area contributed by atoms with Crippen molar-refractivity contribution in [3.8, 4) is 0 Å². The van der Waals surface area contributed by atoms with Crippen LogP contribution in [-0.2, 0) is 4.74 Å². The molecule has 1 heterocycles. The first-order valence-electron chi connectivity index (χ1n) is 6.02. The summed E-state index contributed by atoms with van der Waals surface area (Å²) >= 11 is 0. The third-order valence-corrected chi connectivity index (χ3v) is 3.31. The summed E-state index contributed by atoms with van der Waals surface area (Å²) in [4.78, 5) is 19.3. The number of carbonyl (C=O) groups is 1. The number of anilines is 1. The van der Waals surface area contributed by atoms with Gasteiger partial charge in [-0.1, -0.05) is 27.7 Å². The highest BCUT2D eigenvalue weighted by atomic mass is 16.5. The van der Waals surface area contributed by atoms with Crippen LogP contribution in [-0.4, -0.2) is 29.6 Å². The molecule has 0 amide bonds. The molecule has 0 fully saturated rings. The number of hydrogen-bond acceptors (Lipinski definition) is 5. The molecule has 5 heteroatoms. The van der Waals surface area contributed by atoms with Crippen LogP contribution in [0.2, 0.25) is 0 Å². The molecule has 0 unspecified atom stereocenters. The molecular weight excluding hydrogens is 230 g/mol. The monoisotopic (exact) mass is 251 g/mol. The van der Waals surface area contributed by atoms with Gasteiger partial charge in [0.15, 0.2) is 0 Å². The molecule has 5 nitrogen and oxygen atoms in total. The highest BCUT2D eigenvalue weighted by Crippen LogP contribution is 2.25. The van der Waals surface area contributed by atoms with Crippen molar-refractivity contribution < 1.29 is 9.53 Å². The summed E-state index contributed by atoms with van der Waals surface area (Å²) in [6, 6.07) is 1.74. The molecule has 0 saturated carbocycles. The summed E-state index contributed by atoms with van der Waals surface area (Å²) in [6.07, 6.45) is 1.55. The Morgan fingerprint density at radius 3 is 2.72 bits per heavy atom. The lowest BCUT2D eigenvalue weighted by atomic mass is 9.81. The second-order valence-corrected chi connectivity index (χ2v) is 5.25. The van der Waals surface area contributed by atoms with E-state index in [0.29, 0.717) is 11.7 Å².